The van der Waals surface area contributed by atoms with Crippen LogP contribution in [0.15, 0.2) is 9.59 Å². The summed E-state index contributed by atoms with van der Waals surface area (Å²) in [7, 11) is 0. The molecule has 6 N–H and O–H groups in total. The molecule has 0 saturated carbocycles. The van der Waals surface area contributed by atoms with Crippen LogP contribution in [0.2, 0.25) is 20.1 Å². The maximum Gasteiger partial charge on any atom is 0.201 e. The van der Waals surface area contributed by atoms with Crippen molar-refractivity contribution < 1.29 is 30.6 Å². The quantitative estimate of drug-likeness (QED) is 0.0727. The Balaban J connectivity index is 2.06. The molecule has 8 nitrogen and oxygen atoms in total. The molecule has 0 aliphatic carbocycles. The van der Waals surface area contributed by atoms with Gasteiger partial charge < -0.3 is 30.6 Å². The second-order valence-corrected chi connectivity index (χ2v) is 12.0. The van der Waals surface area contributed by atoms with E-state index in [1.807, 2.05) is 0 Å². The molecule has 0 bridgehead atoms. The summed E-state index contributed by atoms with van der Waals surface area (Å²) in [5, 5.41) is 65.1. The third-order valence-electron chi connectivity index (χ3n) is 8.73. The Labute approximate surface area is 251 Å². The number of aryl methyl sites for hydroxylation is 2. The summed E-state index contributed by atoms with van der Waals surface area (Å²) in [6.07, 6.45) is 0. The molecule has 0 radical (unpaired) electrons. The zero-order valence-corrected chi connectivity index (χ0v) is 24.0. The summed E-state index contributed by atoms with van der Waals surface area (Å²) in [6.45, 7) is 3.19. The number of rotatable bonds is 0. The van der Waals surface area contributed by atoms with Crippen molar-refractivity contribution in [2.45, 2.75) is 13.8 Å². The van der Waals surface area contributed by atoms with Crippen molar-refractivity contribution in [1.82, 2.24) is 0 Å². The molecular formula is C30H12Cl4O8. The summed E-state index contributed by atoms with van der Waals surface area (Å²) >= 11 is 25.8. The topological polar surface area (TPSA) is 156 Å². The summed E-state index contributed by atoms with van der Waals surface area (Å²) in [5.41, 5.74) is -1.12. The van der Waals surface area contributed by atoms with Crippen LogP contribution in [0.25, 0.3) is 75.4 Å². The molecule has 12 heteroatoms. The normalized spacial score (nSPS) is 12.8. The van der Waals surface area contributed by atoms with E-state index in [1.165, 1.54) is 0 Å². The predicted octanol–water partition coefficient (Wildman–Crippen LogP) is 7.69. The van der Waals surface area contributed by atoms with Gasteiger partial charge in [0, 0.05) is 43.1 Å². The molecule has 8 aromatic carbocycles. The van der Waals surface area contributed by atoms with Gasteiger partial charge in [-0.15, -0.1) is 0 Å². The Morgan fingerprint density at radius 2 is 0.548 bits per heavy atom. The van der Waals surface area contributed by atoms with E-state index in [1.54, 1.807) is 13.8 Å². The van der Waals surface area contributed by atoms with Gasteiger partial charge in [0.2, 0.25) is 10.9 Å². The van der Waals surface area contributed by atoms with Crippen molar-refractivity contribution in [3.8, 4) is 34.5 Å². The van der Waals surface area contributed by atoms with Crippen LogP contribution < -0.4 is 10.9 Å². The lowest BCUT2D eigenvalue weighted by Gasteiger charge is -2.26. The van der Waals surface area contributed by atoms with Crippen molar-refractivity contribution in [2.75, 3.05) is 0 Å². The van der Waals surface area contributed by atoms with Crippen molar-refractivity contribution in [2.24, 2.45) is 0 Å². The zero-order valence-electron chi connectivity index (χ0n) is 21.0. The van der Waals surface area contributed by atoms with Crippen molar-refractivity contribution in [3.63, 3.8) is 0 Å². The van der Waals surface area contributed by atoms with E-state index in [4.69, 9.17) is 46.4 Å². The number of phenols is 6. The Morgan fingerprint density at radius 3 is 0.857 bits per heavy atom. The van der Waals surface area contributed by atoms with Crippen LogP contribution in [0.3, 0.4) is 0 Å². The first kappa shape index (κ1) is 25.6. The van der Waals surface area contributed by atoms with Crippen LogP contribution in [0.4, 0.5) is 0 Å². The molecular weight excluding hydrogens is 630 g/mol. The molecule has 208 valence electrons. The average molecular weight is 642 g/mol. The van der Waals surface area contributed by atoms with Crippen LogP contribution in [-0.4, -0.2) is 30.6 Å². The molecule has 0 aliphatic heterocycles. The fourth-order valence-electron chi connectivity index (χ4n) is 7.04. The van der Waals surface area contributed by atoms with E-state index in [-0.39, 0.29) is 63.9 Å². The Hall–Kier alpha value is -4.08. The molecule has 0 saturated heterocycles. The van der Waals surface area contributed by atoms with Gasteiger partial charge in [0.1, 0.15) is 44.5 Å². The maximum atomic E-state index is 14.2. The Bertz CT molecular complexity index is 2370. The van der Waals surface area contributed by atoms with Gasteiger partial charge in [-0.05, 0) is 35.7 Å². The van der Waals surface area contributed by atoms with Crippen LogP contribution in [0, 0.1) is 13.8 Å². The minimum atomic E-state index is -0.878. The zero-order chi connectivity index (χ0) is 30.2. The van der Waals surface area contributed by atoms with Gasteiger partial charge in [-0.25, -0.2) is 0 Å². The minimum Gasteiger partial charge on any atom is -0.506 e. The van der Waals surface area contributed by atoms with Gasteiger partial charge in [0.25, 0.3) is 0 Å². The van der Waals surface area contributed by atoms with Gasteiger partial charge in [-0.3, -0.25) is 9.59 Å². The third-order valence-corrected chi connectivity index (χ3v) is 10.4. The van der Waals surface area contributed by atoms with E-state index in [9.17, 15) is 40.2 Å². The smallest absolute Gasteiger partial charge is 0.201 e. The number of phenolic OH excluding ortho intramolecular Hbond substituents is 6. The van der Waals surface area contributed by atoms with Crippen LogP contribution >= 0.6 is 46.4 Å². The van der Waals surface area contributed by atoms with Gasteiger partial charge in [0.15, 0.2) is 0 Å². The highest BCUT2D eigenvalue weighted by Crippen LogP contribution is 2.60. The van der Waals surface area contributed by atoms with Gasteiger partial charge in [0.05, 0.1) is 31.6 Å². The van der Waals surface area contributed by atoms with E-state index >= 15 is 0 Å². The Kier molecular flexibility index (Phi) is 4.55. The van der Waals surface area contributed by atoms with Crippen molar-refractivity contribution in [3.05, 3.63) is 51.7 Å². The first-order valence-corrected chi connectivity index (χ1v) is 13.8. The first-order valence-electron chi connectivity index (χ1n) is 12.3. The molecule has 0 unspecified atom stereocenters. The average Bonchev–Trinajstić information content (AvgIpc) is 2.95. The second-order valence-electron chi connectivity index (χ2n) is 10.5. The second kappa shape index (κ2) is 7.46. The third kappa shape index (κ3) is 2.37. The number of halogens is 4. The lowest BCUT2D eigenvalue weighted by molar-refractivity contribution is 0.455. The standard InChI is InChI=1S/C30H12Cl4O8/c1-3-5-6-4(2)20(32)28(40)16-8(6)10-9-7(5)15(27(39)19(3)31)23(35)17-11(9)13(25(37)21(33)29(17)41)14-12(10)18(24(16)36)30(42)22(34)26(14)38/h37-42H,1-2H3. The highest BCUT2D eigenvalue weighted by molar-refractivity contribution is 6.54. The summed E-state index contributed by atoms with van der Waals surface area (Å²) < 4.78 is 0. The Morgan fingerprint density at radius 1 is 0.333 bits per heavy atom. The van der Waals surface area contributed by atoms with Gasteiger partial charge >= 0.3 is 0 Å². The molecule has 0 heterocycles. The SMILES string of the molecule is Cc1c(Cl)c(O)c2c(=O)c3c(O)c(Cl)c(O)c4c5c(O)c(Cl)c(O)c6c(=O)c7c(O)c(Cl)c(C)c8c1c2c(c34)c(c78)c65. The summed E-state index contributed by atoms with van der Waals surface area (Å²) in [4.78, 5) is 28.3. The molecule has 0 aromatic heterocycles. The van der Waals surface area contributed by atoms with Crippen molar-refractivity contribution >= 4 is 122 Å². The van der Waals surface area contributed by atoms with Gasteiger partial charge in [-0.2, -0.15) is 0 Å². The minimum absolute atomic E-state index is 0.0576. The fraction of sp³-hybridized carbons (Fsp3) is 0.0667. The lowest BCUT2D eigenvalue weighted by Crippen LogP contribution is -2.11. The molecule has 0 fully saturated rings. The number of hydrogen-bond acceptors (Lipinski definition) is 8. The number of hydrogen-bond donors (Lipinski definition) is 6. The van der Waals surface area contributed by atoms with Gasteiger partial charge in [-0.1, -0.05) is 46.4 Å². The van der Waals surface area contributed by atoms with E-state index < -0.39 is 66.2 Å². The highest BCUT2D eigenvalue weighted by atomic mass is 35.5. The van der Waals surface area contributed by atoms with Crippen LogP contribution in [0.5, 0.6) is 34.5 Å². The lowest BCUT2D eigenvalue weighted by atomic mass is 9.78. The molecule has 8 aromatic rings. The molecule has 0 aliphatic rings. The fourth-order valence-corrected chi connectivity index (χ4v) is 7.79. The molecule has 42 heavy (non-hydrogen) atoms. The van der Waals surface area contributed by atoms with Crippen LogP contribution in [0.1, 0.15) is 11.1 Å². The summed E-state index contributed by atoms with van der Waals surface area (Å²) in [6, 6.07) is 0. The van der Waals surface area contributed by atoms with E-state index in [0.717, 1.165) is 0 Å². The molecule has 0 atom stereocenters. The molecule has 8 rings (SSSR count). The maximum absolute atomic E-state index is 14.2. The monoisotopic (exact) mass is 640 g/mol. The highest BCUT2D eigenvalue weighted by Gasteiger charge is 2.36. The predicted molar refractivity (Wildman–Crippen MR) is 166 cm³/mol. The molecule has 0 spiro atoms. The number of aromatic hydroxyl groups is 6. The van der Waals surface area contributed by atoms with Crippen molar-refractivity contribution in [1.29, 1.82) is 0 Å². The number of fused-ring (bicyclic) bond motifs is 2. The summed E-state index contributed by atoms with van der Waals surface area (Å²) in [5.74, 6) is -4.21. The molecule has 0 amide bonds. The number of benzene rings is 8. The first-order chi connectivity index (χ1) is 19.7. The van der Waals surface area contributed by atoms with E-state index in [2.05, 4.69) is 0 Å². The van der Waals surface area contributed by atoms with Crippen LogP contribution in [-0.2, 0) is 0 Å². The largest absolute Gasteiger partial charge is 0.506 e. The van der Waals surface area contributed by atoms with E-state index in [0.29, 0.717) is 21.9 Å².